The lowest BCUT2D eigenvalue weighted by molar-refractivity contribution is -0.121. The maximum absolute atomic E-state index is 12.0. The number of rotatable bonds is 3. The molecule has 0 spiro atoms. The van der Waals surface area contributed by atoms with E-state index in [1.807, 2.05) is 0 Å². The first-order valence-corrected chi connectivity index (χ1v) is 8.98. The van der Waals surface area contributed by atoms with Gasteiger partial charge in [0.25, 0.3) is 0 Å². The Balaban J connectivity index is 1.69. The maximum atomic E-state index is 12.0. The van der Waals surface area contributed by atoms with Crippen LogP contribution in [0, 0.1) is 5.92 Å². The lowest BCUT2D eigenvalue weighted by atomic mass is 9.86. The van der Waals surface area contributed by atoms with Crippen molar-refractivity contribution in [1.29, 1.82) is 0 Å². The second-order valence-corrected chi connectivity index (χ2v) is 6.93. The Morgan fingerprint density at radius 3 is 2.27 bits per heavy atom. The first-order valence-electron chi connectivity index (χ1n) is 8.98. The molecule has 0 unspecified atom stereocenters. The average Bonchev–Trinajstić information content (AvgIpc) is 2.44. The predicted octanol–water partition coefficient (Wildman–Crippen LogP) is 2.66. The van der Waals surface area contributed by atoms with E-state index >= 15 is 0 Å². The molecule has 5 heteroatoms. The number of hydrogen-bond acceptors (Lipinski definition) is 3. The highest BCUT2D eigenvalue weighted by Gasteiger charge is 2.23. The van der Waals surface area contributed by atoms with Crippen molar-refractivity contribution in [2.45, 2.75) is 70.8 Å². The highest BCUT2D eigenvalue weighted by atomic mass is 16.2. The summed E-state index contributed by atoms with van der Waals surface area (Å²) in [6.45, 7) is 4.45. The molecular weight excluding hydrogens is 278 g/mol. The molecule has 2 rings (SSSR count). The third-order valence-corrected chi connectivity index (χ3v) is 5.00. The second kappa shape index (κ2) is 9.13. The second-order valence-electron chi connectivity index (χ2n) is 6.93. The van der Waals surface area contributed by atoms with Gasteiger partial charge >= 0.3 is 6.03 Å². The average molecular weight is 309 g/mol. The minimum Gasteiger partial charge on any atom is -0.335 e. The Kier molecular flexibility index (Phi) is 7.16. The zero-order chi connectivity index (χ0) is 15.8. The SMILES string of the molecule is C[C@H]1CCCC[C@H]1NC(=O)NC(=O)CN1CCCCCCC1. The van der Waals surface area contributed by atoms with Crippen molar-refractivity contribution < 1.29 is 9.59 Å². The molecule has 2 aliphatic rings. The topological polar surface area (TPSA) is 61.4 Å². The van der Waals surface area contributed by atoms with E-state index in [1.54, 1.807) is 0 Å². The van der Waals surface area contributed by atoms with Gasteiger partial charge in [-0.3, -0.25) is 15.0 Å². The largest absolute Gasteiger partial charge is 0.335 e. The molecule has 2 fully saturated rings. The fourth-order valence-electron chi connectivity index (χ4n) is 3.58. The summed E-state index contributed by atoms with van der Waals surface area (Å²) in [7, 11) is 0. The summed E-state index contributed by atoms with van der Waals surface area (Å²) in [5.41, 5.74) is 0. The maximum Gasteiger partial charge on any atom is 0.321 e. The monoisotopic (exact) mass is 309 g/mol. The minimum atomic E-state index is -0.323. The smallest absolute Gasteiger partial charge is 0.321 e. The van der Waals surface area contributed by atoms with Crippen molar-refractivity contribution in [3.63, 3.8) is 0 Å². The van der Waals surface area contributed by atoms with Gasteiger partial charge in [-0.25, -0.2) is 4.79 Å². The number of nitrogens with zero attached hydrogens (tertiary/aromatic N) is 1. The number of amides is 3. The fraction of sp³-hybridized carbons (Fsp3) is 0.882. The van der Waals surface area contributed by atoms with Crippen LogP contribution in [0.15, 0.2) is 0 Å². The molecular formula is C17H31N3O2. The molecule has 2 atom stereocenters. The van der Waals surface area contributed by atoms with E-state index < -0.39 is 0 Å². The van der Waals surface area contributed by atoms with Crippen molar-refractivity contribution in [2.24, 2.45) is 5.92 Å². The Morgan fingerprint density at radius 2 is 1.59 bits per heavy atom. The van der Waals surface area contributed by atoms with Crippen LogP contribution in [0.2, 0.25) is 0 Å². The Morgan fingerprint density at radius 1 is 0.955 bits per heavy atom. The molecule has 0 aromatic heterocycles. The highest BCUT2D eigenvalue weighted by molar-refractivity contribution is 5.95. The minimum absolute atomic E-state index is 0.179. The van der Waals surface area contributed by atoms with Gasteiger partial charge in [0.1, 0.15) is 0 Å². The van der Waals surface area contributed by atoms with Crippen molar-refractivity contribution in [3.8, 4) is 0 Å². The van der Waals surface area contributed by atoms with E-state index in [1.165, 1.54) is 25.7 Å². The van der Waals surface area contributed by atoms with Crippen LogP contribution < -0.4 is 10.6 Å². The van der Waals surface area contributed by atoms with Gasteiger partial charge in [0.2, 0.25) is 5.91 Å². The van der Waals surface area contributed by atoms with Gasteiger partial charge in [0.05, 0.1) is 6.54 Å². The molecule has 0 aromatic rings. The summed E-state index contributed by atoms with van der Waals surface area (Å²) in [6, 6.07) is -0.112. The number of urea groups is 1. The van der Waals surface area contributed by atoms with Crippen LogP contribution in [-0.4, -0.2) is 42.5 Å². The molecule has 2 N–H and O–H groups in total. The van der Waals surface area contributed by atoms with E-state index in [4.69, 9.17) is 0 Å². The normalized spacial score (nSPS) is 27.5. The van der Waals surface area contributed by atoms with Gasteiger partial charge in [-0.2, -0.15) is 0 Å². The zero-order valence-electron chi connectivity index (χ0n) is 13.9. The molecule has 1 heterocycles. The highest BCUT2D eigenvalue weighted by Crippen LogP contribution is 2.23. The molecule has 5 nitrogen and oxygen atoms in total. The van der Waals surface area contributed by atoms with E-state index in [0.29, 0.717) is 12.5 Å². The molecule has 1 aliphatic heterocycles. The molecule has 126 valence electrons. The van der Waals surface area contributed by atoms with Crippen LogP contribution in [0.5, 0.6) is 0 Å². The van der Waals surface area contributed by atoms with Crippen molar-refractivity contribution in [2.75, 3.05) is 19.6 Å². The predicted molar refractivity (Wildman–Crippen MR) is 87.6 cm³/mol. The van der Waals surface area contributed by atoms with Gasteiger partial charge in [0, 0.05) is 6.04 Å². The summed E-state index contributed by atoms with van der Waals surface area (Å²) >= 11 is 0. The number of nitrogens with one attached hydrogen (secondary N) is 2. The summed E-state index contributed by atoms with van der Waals surface area (Å²) in [6.07, 6.45) is 10.7. The van der Waals surface area contributed by atoms with Crippen molar-refractivity contribution in [3.05, 3.63) is 0 Å². The van der Waals surface area contributed by atoms with Crippen LogP contribution in [0.4, 0.5) is 4.79 Å². The van der Waals surface area contributed by atoms with Gasteiger partial charge < -0.3 is 5.32 Å². The molecule has 1 saturated heterocycles. The summed E-state index contributed by atoms with van der Waals surface area (Å²) in [5.74, 6) is 0.325. The van der Waals surface area contributed by atoms with E-state index in [2.05, 4.69) is 22.5 Å². The van der Waals surface area contributed by atoms with Gasteiger partial charge in [0.15, 0.2) is 0 Å². The van der Waals surface area contributed by atoms with Gasteiger partial charge in [-0.15, -0.1) is 0 Å². The molecule has 3 amide bonds. The van der Waals surface area contributed by atoms with Crippen LogP contribution in [0.1, 0.15) is 64.7 Å². The molecule has 0 aromatic carbocycles. The van der Waals surface area contributed by atoms with Crippen molar-refractivity contribution >= 4 is 11.9 Å². The van der Waals surface area contributed by atoms with E-state index in [9.17, 15) is 9.59 Å². The third kappa shape index (κ3) is 5.95. The first-order chi connectivity index (χ1) is 10.6. The molecule has 0 radical (unpaired) electrons. The molecule has 1 saturated carbocycles. The number of hydrogen-bond donors (Lipinski definition) is 2. The van der Waals surface area contributed by atoms with E-state index in [-0.39, 0.29) is 18.0 Å². The lowest BCUT2D eigenvalue weighted by Crippen LogP contribution is -2.50. The summed E-state index contributed by atoms with van der Waals surface area (Å²) < 4.78 is 0. The molecule has 0 bridgehead atoms. The molecule has 1 aliphatic carbocycles. The van der Waals surface area contributed by atoms with Gasteiger partial charge in [-0.1, -0.05) is 39.0 Å². The fourth-order valence-corrected chi connectivity index (χ4v) is 3.58. The Labute approximate surface area is 134 Å². The Bertz CT molecular complexity index is 365. The standard InChI is InChI=1S/C17H31N3O2/c1-14-9-5-6-10-15(14)18-17(22)19-16(21)13-20-11-7-3-2-4-8-12-20/h14-15H,2-13H2,1H3,(H2,18,19,21,22)/t14-,15+/m0/s1. The number of carbonyl (C=O) groups is 2. The number of imide groups is 1. The molecule has 22 heavy (non-hydrogen) atoms. The van der Waals surface area contributed by atoms with Crippen molar-refractivity contribution in [1.82, 2.24) is 15.5 Å². The van der Waals surface area contributed by atoms with Crippen LogP contribution in [0.3, 0.4) is 0 Å². The van der Waals surface area contributed by atoms with Gasteiger partial charge in [-0.05, 0) is 44.7 Å². The zero-order valence-corrected chi connectivity index (χ0v) is 13.9. The first kappa shape index (κ1) is 17.3. The third-order valence-electron chi connectivity index (χ3n) is 5.00. The van der Waals surface area contributed by atoms with E-state index in [0.717, 1.165) is 45.2 Å². The lowest BCUT2D eigenvalue weighted by Gasteiger charge is -2.29. The van der Waals surface area contributed by atoms with Crippen LogP contribution in [0.25, 0.3) is 0 Å². The Hall–Kier alpha value is -1.10. The van der Waals surface area contributed by atoms with Crippen LogP contribution >= 0.6 is 0 Å². The summed E-state index contributed by atoms with van der Waals surface area (Å²) in [5, 5.41) is 5.47. The summed E-state index contributed by atoms with van der Waals surface area (Å²) in [4.78, 5) is 26.2. The quantitative estimate of drug-likeness (QED) is 0.842. The number of likely N-dealkylation sites (tertiary alicyclic amines) is 1. The number of carbonyl (C=O) groups excluding carboxylic acids is 2. The van der Waals surface area contributed by atoms with Crippen LogP contribution in [-0.2, 0) is 4.79 Å².